The van der Waals surface area contributed by atoms with Crippen LogP contribution in [0.3, 0.4) is 0 Å². The van der Waals surface area contributed by atoms with Crippen molar-refractivity contribution < 1.29 is 32.5 Å². The summed E-state index contributed by atoms with van der Waals surface area (Å²) in [6.07, 6.45) is -4.00. The molecule has 0 aliphatic carbocycles. The van der Waals surface area contributed by atoms with Gasteiger partial charge in [0.05, 0.1) is 25.1 Å². The molecule has 0 aromatic heterocycles. The maximum atomic E-state index is 12.6. The van der Waals surface area contributed by atoms with Crippen LogP contribution >= 0.6 is 0 Å². The second-order valence-electron chi connectivity index (χ2n) is 6.97. The Balaban J connectivity index is 1.84. The van der Waals surface area contributed by atoms with Gasteiger partial charge in [-0.05, 0) is 44.0 Å². The fraction of sp³-hybridized carbons (Fsp3) is 0.600. The first kappa shape index (κ1) is 23.8. The van der Waals surface area contributed by atoms with Crippen molar-refractivity contribution in [2.45, 2.75) is 32.0 Å². The third kappa shape index (κ3) is 7.08. The summed E-state index contributed by atoms with van der Waals surface area (Å²) in [6, 6.07) is 4.30. The van der Waals surface area contributed by atoms with Crippen LogP contribution in [0.15, 0.2) is 29.3 Å². The zero-order valence-electron chi connectivity index (χ0n) is 17.1. The molecule has 168 valence electrons. The SMILES string of the molecule is CCNC(=NCC(O)COc1ccc(C(F)(F)F)cc1)N1CCC(C(=O)OC)CC1. The highest BCUT2D eigenvalue weighted by atomic mass is 19.4. The molecule has 30 heavy (non-hydrogen) atoms. The number of nitrogens with zero attached hydrogens (tertiary/aromatic N) is 2. The van der Waals surface area contributed by atoms with Gasteiger partial charge in [-0.3, -0.25) is 9.79 Å². The highest BCUT2D eigenvalue weighted by Crippen LogP contribution is 2.30. The quantitative estimate of drug-likeness (QED) is 0.392. The Bertz CT molecular complexity index is 702. The van der Waals surface area contributed by atoms with Gasteiger partial charge in [-0.1, -0.05) is 0 Å². The fourth-order valence-electron chi connectivity index (χ4n) is 3.10. The van der Waals surface area contributed by atoms with E-state index in [4.69, 9.17) is 9.47 Å². The van der Waals surface area contributed by atoms with Crippen LogP contribution in [0, 0.1) is 5.92 Å². The van der Waals surface area contributed by atoms with Gasteiger partial charge in [-0.25, -0.2) is 0 Å². The average Bonchev–Trinajstić information content (AvgIpc) is 2.74. The third-order valence-corrected chi connectivity index (χ3v) is 4.74. The summed E-state index contributed by atoms with van der Waals surface area (Å²) >= 11 is 0. The number of nitrogens with one attached hydrogen (secondary N) is 1. The van der Waals surface area contributed by atoms with E-state index in [0.29, 0.717) is 38.4 Å². The summed E-state index contributed by atoms with van der Waals surface area (Å²) in [4.78, 5) is 18.1. The smallest absolute Gasteiger partial charge is 0.416 e. The normalized spacial score (nSPS) is 16.9. The van der Waals surface area contributed by atoms with Gasteiger partial charge in [0.25, 0.3) is 0 Å². The topological polar surface area (TPSA) is 83.4 Å². The number of guanidine groups is 1. The molecule has 2 rings (SSSR count). The van der Waals surface area contributed by atoms with Crippen molar-refractivity contribution in [3.63, 3.8) is 0 Å². The van der Waals surface area contributed by atoms with Gasteiger partial charge in [0.2, 0.25) is 0 Å². The predicted octanol–water partition coefficient (Wildman–Crippen LogP) is 2.30. The molecule has 0 radical (unpaired) electrons. The lowest BCUT2D eigenvalue weighted by Gasteiger charge is -2.33. The Morgan fingerprint density at radius 1 is 1.30 bits per heavy atom. The Hall–Kier alpha value is -2.49. The van der Waals surface area contributed by atoms with Crippen LogP contribution in [0.5, 0.6) is 5.75 Å². The summed E-state index contributed by atoms with van der Waals surface area (Å²) in [6.45, 7) is 3.83. The van der Waals surface area contributed by atoms with E-state index in [2.05, 4.69) is 10.3 Å². The van der Waals surface area contributed by atoms with Crippen molar-refractivity contribution in [2.75, 3.05) is 39.9 Å². The van der Waals surface area contributed by atoms with E-state index in [1.165, 1.54) is 19.2 Å². The van der Waals surface area contributed by atoms with Crippen LogP contribution in [0.4, 0.5) is 13.2 Å². The molecule has 7 nitrogen and oxygen atoms in total. The lowest BCUT2D eigenvalue weighted by Crippen LogP contribution is -2.47. The minimum atomic E-state index is -4.40. The maximum Gasteiger partial charge on any atom is 0.416 e. The summed E-state index contributed by atoms with van der Waals surface area (Å²) in [5, 5.41) is 13.3. The van der Waals surface area contributed by atoms with E-state index in [9.17, 15) is 23.1 Å². The number of halogens is 3. The summed E-state index contributed by atoms with van der Waals surface area (Å²) in [7, 11) is 1.38. The number of piperidine rings is 1. The average molecular weight is 431 g/mol. The van der Waals surface area contributed by atoms with E-state index in [1.807, 2.05) is 11.8 Å². The van der Waals surface area contributed by atoms with Crippen molar-refractivity contribution in [1.29, 1.82) is 0 Å². The van der Waals surface area contributed by atoms with Crippen molar-refractivity contribution in [3.8, 4) is 5.75 Å². The highest BCUT2D eigenvalue weighted by Gasteiger charge is 2.30. The Morgan fingerprint density at radius 2 is 1.93 bits per heavy atom. The molecule has 1 aromatic carbocycles. The number of aliphatic hydroxyl groups is 1. The molecule has 1 unspecified atom stereocenters. The van der Waals surface area contributed by atoms with Gasteiger partial charge >= 0.3 is 12.1 Å². The number of alkyl halides is 3. The van der Waals surface area contributed by atoms with Crippen LogP contribution in [0.25, 0.3) is 0 Å². The predicted molar refractivity (Wildman–Crippen MR) is 105 cm³/mol. The number of hydrogen-bond acceptors (Lipinski definition) is 5. The summed E-state index contributed by atoms with van der Waals surface area (Å²) < 4.78 is 47.9. The van der Waals surface area contributed by atoms with Gasteiger partial charge in [-0.15, -0.1) is 0 Å². The molecule has 1 fully saturated rings. The number of benzene rings is 1. The number of likely N-dealkylation sites (tertiary alicyclic amines) is 1. The Labute approximate surface area is 173 Å². The highest BCUT2D eigenvalue weighted by molar-refractivity contribution is 5.80. The number of rotatable bonds is 7. The van der Waals surface area contributed by atoms with Gasteiger partial charge in [-0.2, -0.15) is 13.2 Å². The van der Waals surface area contributed by atoms with Crippen molar-refractivity contribution in [2.24, 2.45) is 10.9 Å². The molecule has 1 aliphatic rings. The molecule has 1 saturated heterocycles. The number of carbonyl (C=O) groups excluding carboxylic acids is 1. The summed E-state index contributed by atoms with van der Waals surface area (Å²) in [5.41, 5.74) is -0.758. The molecule has 0 amide bonds. The number of aliphatic hydroxyl groups excluding tert-OH is 1. The largest absolute Gasteiger partial charge is 0.491 e. The molecular weight excluding hydrogens is 403 g/mol. The van der Waals surface area contributed by atoms with Crippen LogP contribution in [0.1, 0.15) is 25.3 Å². The molecule has 1 heterocycles. The number of aliphatic imine (C=N–C) groups is 1. The first-order valence-electron chi connectivity index (χ1n) is 9.83. The summed E-state index contributed by atoms with van der Waals surface area (Å²) in [5.74, 6) is 0.557. The van der Waals surface area contributed by atoms with E-state index in [-0.39, 0.29) is 30.8 Å². The number of ether oxygens (including phenoxy) is 2. The van der Waals surface area contributed by atoms with Gasteiger partial charge in [0.1, 0.15) is 18.5 Å². The van der Waals surface area contributed by atoms with Gasteiger partial charge in [0, 0.05) is 19.6 Å². The molecule has 1 atom stereocenters. The third-order valence-electron chi connectivity index (χ3n) is 4.74. The standard InChI is InChI=1S/C20H28F3N3O4/c1-3-24-19(26-10-8-14(9-11-26)18(28)29-2)25-12-16(27)13-30-17-6-4-15(5-7-17)20(21,22)23/h4-7,14,16,27H,3,8-13H2,1-2H3,(H,24,25). The Morgan fingerprint density at radius 3 is 2.47 bits per heavy atom. The van der Waals surface area contributed by atoms with Crippen LogP contribution in [-0.2, 0) is 15.7 Å². The molecule has 10 heteroatoms. The second kappa shape index (κ2) is 11.1. The number of methoxy groups -OCH3 is 1. The van der Waals surface area contributed by atoms with Crippen LogP contribution < -0.4 is 10.1 Å². The van der Waals surface area contributed by atoms with E-state index in [1.54, 1.807) is 0 Å². The van der Waals surface area contributed by atoms with Crippen molar-refractivity contribution in [1.82, 2.24) is 10.2 Å². The lowest BCUT2D eigenvalue weighted by atomic mass is 9.97. The molecule has 0 spiro atoms. The Kier molecular flexibility index (Phi) is 8.76. The number of hydrogen-bond donors (Lipinski definition) is 2. The molecule has 0 saturated carbocycles. The molecular formula is C20H28F3N3O4. The molecule has 1 aromatic rings. The van der Waals surface area contributed by atoms with Crippen LogP contribution in [-0.4, -0.2) is 67.9 Å². The van der Waals surface area contributed by atoms with E-state index < -0.39 is 17.8 Å². The number of carbonyl (C=O) groups is 1. The van der Waals surface area contributed by atoms with Gasteiger partial charge < -0.3 is 24.8 Å². The van der Waals surface area contributed by atoms with E-state index in [0.717, 1.165) is 12.1 Å². The van der Waals surface area contributed by atoms with Gasteiger partial charge in [0.15, 0.2) is 5.96 Å². The second-order valence-corrected chi connectivity index (χ2v) is 6.97. The monoisotopic (exact) mass is 431 g/mol. The van der Waals surface area contributed by atoms with Crippen molar-refractivity contribution in [3.05, 3.63) is 29.8 Å². The zero-order valence-corrected chi connectivity index (χ0v) is 17.1. The van der Waals surface area contributed by atoms with Crippen LogP contribution in [0.2, 0.25) is 0 Å². The maximum absolute atomic E-state index is 12.6. The molecule has 0 bridgehead atoms. The minimum absolute atomic E-state index is 0.0693. The first-order valence-corrected chi connectivity index (χ1v) is 9.83. The van der Waals surface area contributed by atoms with E-state index >= 15 is 0 Å². The minimum Gasteiger partial charge on any atom is -0.491 e. The lowest BCUT2D eigenvalue weighted by molar-refractivity contribution is -0.146. The fourth-order valence-corrected chi connectivity index (χ4v) is 3.10. The molecule has 1 aliphatic heterocycles. The first-order chi connectivity index (χ1) is 14.2. The zero-order chi connectivity index (χ0) is 22.1. The number of esters is 1. The van der Waals surface area contributed by atoms with Crippen molar-refractivity contribution >= 4 is 11.9 Å². The molecule has 2 N–H and O–H groups in total.